The van der Waals surface area contributed by atoms with Gasteiger partial charge in [-0.2, -0.15) is 12.6 Å². The molecule has 0 radical (unpaired) electrons. The first-order chi connectivity index (χ1) is 13.1. The number of rotatable bonds is 5. The van der Waals surface area contributed by atoms with E-state index in [2.05, 4.69) is 27.8 Å². The van der Waals surface area contributed by atoms with Gasteiger partial charge in [0.2, 0.25) is 11.4 Å². The summed E-state index contributed by atoms with van der Waals surface area (Å²) in [5, 5.41) is 9.01. The number of hydrogen-bond acceptors (Lipinski definition) is 6. The van der Waals surface area contributed by atoms with Crippen molar-refractivity contribution in [2.75, 3.05) is 0 Å². The second-order valence-corrected chi connectivity index (χ2v) is 6.77. The van der Waals surface area contributed by atoms with Gasteiger partial charge in [0.1, 0.15) is 11.0 Å². The Morgan fingerprint density at radius 1 is 1.15 bits per heavy atom. The highest BCUT2D eigenvalue weighted by molar-refractivity contribution is 7.80. The fourth-order valence-corrected chi connectivity index (χ4v) is 3.15. The van der Waals surface area contributed by atoms with E-state index in [1.54, 1.807) is 24.3 Å². The van der Waals surface area contributed by atoms with Crippen molar-refractivity contribution in [1.29, 1.82) is 0 Å². The fraction of sp³-hybridized carbons (Fsp3) is 0.105. The maximum Gasteiger partial charge on any atom is 0.253 e. The summed E-state index contributed by atoms with van der Waals surface area (Å²) in [5.74, 6) is 1.25. The second kappa shape index (κ2) is 7.46. The van der Waals surface area contributed by atoms with Crippen molar-refractivity contribution >= 4 is 35.1 Å². The molecule has 4 aromatic rings. The largest absolute Gasteiger partial charge is 0.484 e. The molecule has 0 aliphatic heterocycles. The molecular formula is C19H14ClN3O3S. The van der Waals surface area contributed by atoms with Gasteiger partial charge in [0.15, 0.2) is 6.61 Å². The van der Waals surface area contributed by atoms with Crippen LogP contribution in [0.2, 0.25) is 5.02 Å². The van der Waals surface area contributed by atoms with E-state index >= 15 is 0 Å². The SMILES string of the molecule is O=c1cc(C(S)c2nnc(COc3ccc(Cl)cc3)o2)c2ccccc2[nH]1. The van der Waals surface area contributed by atoms with Gasteiger partial charge in [0.25, 0.3) is 5.89 Å². The molecule has 2 heterocycles. The number of aromatic amines is 1. The van der Waals surface area contributed by atoms with Crippen LogP contribution in [0.25, 0.3) is 10.9 Å². The number of benzene rings is 2. The zero-order valence-electron chi connectivity index (χ0n) is 13.9. The van der Waals surface area contributed by atoms with Crippen LogP contribution >= 0.6 is 24.2 Å². The number of nitrogens with one attached hydrogen (secondary N) is 1. The molecule has 1 unspecified atom stereocenters. The lowest BCUT2D eigenvalue weighted by Crippen LogP contribution is -2.08. The Balaban J connectivity index is 1.56. The normalized spacial score (nSPS) is 12.2. The molecule has 0 saturated carbocycles. The fourth-order valence-electron chi connectivity index (χ4n) is 2.70. The molecule has 27 heavy (non-hydrogen) atoms. The molecule has 0 aliphatic rings. The monoisotopic (exact) mass is 399 g/mol. The number of nitrogens with zero attached hydrogens (tertiary/aromatic N) is 2. The Labute approximate surface area is 164 Å². The molecule has 0 saturated heterocycles. The highest BCUT2D eigenvalue weighted by Crippen LogP contribution is 2.31. The molecule has 0 spiro atoms. The molecule has 0 amide bonds. The molecule has 0 bridgehead atoms. The number of fused-ring (bicyclic) bond motifs is 1. The second-order valence-electron chi connectivity index (χ2n) is 5.81. The highest BCUT2D eigenvalue weighted by Gasteiger charge is 2.20. The molecule has 136 valence electrons. The predicted molar refractivity (Wildman–Crippen MR) is 105 cm³/mol. The Morgan fingerprint density at radius 2 is 1.93 bits per heavy atom. The summed E-state index contributed by atoms with van der Waals surface area (Å²) in [6.45, 7) is 0.116. The summed E-state index contributed by atoms with van der Waals surface area (Å²) >= 11 is 10.4. The van der Waals surface area contributed by atoms with Gasteiger partial charge in [-0.3, -0.25) is 4.79 Å². The third-order valence-electron chi connectivity index (χ3n) is 3.97. The van der Waals surface area contributed by atoms with Gasteiger partial charge < -0.3 is 14.1 Å². The van der Waals surface area contributed by atoms with Gasteiger partial charge in [0.05, 0.1) is 0 Å². The average molecular weight is 400 g/mol. The Kier molecular flexibility index (Phi) is 4.87. The lowest BCUT2D eigenvalue weighted by atomic mass is 10.1. The van der Waals surface area contributed by atoms with Gasteiger partial charge in [-0.15, -0.1) is 10.2 Å². The van der Waals surface area contributed by atoms with E-state index in [0.29, 0.717) is 28.1 Å². The zero-order chi connectivity index (χ0) is 18.8. The van der Waals surface area contributed by atoms with Crippen molar-refractivity contribution in [3.05, 3.63) is 87.3 Å². The number of para-hydroxylation sites is 1. The smallest absolute Gasteiger partial charge is 0.253 e. The summed E-state index contributed by atoms with van der Waals surface area (Å²) < 4.78 is 11.3. The van der Waals surface area contributed by atoms with Crippen molar-refractivity contribution in [3.8, 4) is 5.75 Å². The maximum absolute atomic E-state index is 11.9. The third-order valence-corrected chi connectivity index (χ3v) is 4.72. The summed E-state index contributed by atoms with van der Waals surface area (Å²) in [5.41, 5.74) is 1.21. The molecule has 0 fully saturated rings. The molecule has 1 N–H and O–H groups in total. The highest BCUT2D eigenvalue weighted by atomic mass is 35.5. The minimum absolute atomic E-state index is 0.116. The van der Waals surface area contributed by atoms with Crippen molar-refractivity contribution < 1.29 is 9.15 Å². The van der Waals surface area contributed by atoms with Crippen molar-refractivity contribution in [3.63, 3.8) is 0 Å². The first kappa shape index (κ1) is 17.6. The minimum Gasteiger partial charge on any atom is -0.484 e. The summed E-state index contributed by atoms with van der Waals surface area (Å²) in [6, 6.07) is 16.0. The Bertz CT molecular complexity index is 1140. The van der Waals surface area contributed by atoms with Gasteiger partial charge in [0, 0.05) is 22.0 Å². The first-order valence-electron chi connectivity index (χ1n) is 8.11. The number of hydrogen-bond donors (Lipinski definition) is 2. The van der Waals surface area contributed by atoms with Crippen LogP contribution in [0.1, 0.15) is 22.6 Å². The predicted octanol–water partition coefficient (Wildman–Crippen LogP) is 4.16. The van der Waals surface area contributed by atoms with Crippen molar-refractivity contribution in [1.82, 2.24) is 15.2 Å². The third kappa shape index (κ3) is 3.84. The van der Waals surface area contributed by atoms with E-state index in [1.165, 1.54) is 6.07 Å². The summed E-state index contributed by atoms with van der Waals surface area (Å²) in [7, 11) is 0. The van der Waals surface area contributed by atoms with Gasteiger partial charge in [-0.1, -0.05) is 29.8 Å². The molecular weight excluding hydrogens is 386 g/mol. The lowest BCUT2D eigenvalue weighted by Gasteiger charge is -2.10. The van der Waals surface area contributed by atoms with Gasteiger partial charge in [-0.25, -0.2) is 0 Å². The molecule has 4 rings (SSSR count). The summed E-state index contributed by atoms with van der Waals surface area (Å²) in [6.07, 6.45) is 0. The van der Waals surface area contributed by atoms with Crippen LogP contribution in [0, 0.1) is 0 Å². The van der Waals surface area contributed by atoms with Crippen LogP contribution in [0.4, 0.5) is 0 Å². The summed E-state index contributed by atoms with van der Waals surface area (Å²) in [4.78, 5) is 14.7. The topological polar surface area (TPSA) is 81.0 Å². The van der Waals surface area contributed by atoms with Crippen LogP contribution in [0.3, 0.4) is 0 Å². The molecule has 6 nitrogen and oxygen atoms in total. The van der Waals surface area contributed by atoms with E-state index in [9.17, 15) is 4.79 Å². The van der Waals surface area contributed by atoms with Crippen LogP contribution in [-0.4, -0.2) is 15.2 Å². The van der Waals surface area contributed by atoms with E-state index in [0.717, 1.165) is 10.9 Å². The first-order valence-corrected chi connectivity index (χ1v) is 9.00. The lowest BCUT2D eigenvalue weighted by molar-refractivity contribution is 0.259. The zero-order valence-corrected chi connectivity index (χ0v) is 15.6. The van der Waals surface area contributed by atoms with E-state index in [4.69, 9.17) is 20.8 Å². The standard InChI is InChI=1S/C19H14ClN3O3S/c20-11-5-7-12(8-6-11)25-10-17-22-23-19(26-17)18(27)14-9-16(24)21-15-4-2-1-3-13(14)15/h1-9,18,27H,10H2,(H,21,24). The number of ether oxygens (including phenoxy) is 1. The van der Waals surface area contributed by atoms with Gasteiger partial charge >= 0.3 is 0 Å². The maximum atomic E-state index is 11.9. The van der Waals surface area contributed by atoms with Crippen LogP contribution in [0.15, 0.2) is 63.8 Å². The number of pyridine rings is 1. The molecule has 8 heteroatoms. The average Bonchev–Trinajstić information content (AvgIpc) is 3.15. The number of thiol groups is 1. The van der Waals surface area contributed by atoms with E-state index in [-0.39, 0.29) is 12.2 Å². The number of aromatic nitrogens is 3. The molecule has 2 aromatic carbocycles. The molecule has 0 aliphatic carbocycles. The Hall–Kier alpha value is -2.77. The van der Waals surface area contributed by atoms with Crippen molar-refractivity contribution in [2.24, 2.45) is 0 Å². The number of halogens is 1. The number of H-pyrrole nitrogens is 1. The van der Waals surface area contributed by atoms with Gasteiger partial charge in [-0.05, 0) is 35.9 Å². The van der Waals surface area contributed by atoms with Crippen LogP contribution in [-0.2, 0) is 6.61 Å². The minimum atomic E-state index is -0.533. The van der Waals surface area contributed by atoms with E-state index in [1.807, 2.05) is 24.3 Å². The van der Waals surface area contributed by atoms with Crippen LogP contribution < -0.4 is 10.3 Å². The quantitative estimate of drug-likeness (QED) is 0.492. The van der Waals surface area contributed by atoms with E-state index < -0.39 is 5.25 Å². The van der Waals surface area contributed by atoms with Crippen LogP contribution in [0.5, 0.6) is 5.75 Å². The molecule has 1 atom stereocenters. The van der Waals surface area contributed by atoms with Crippen molar-refractivity contribution in [2.45, 2.75) is 11.9 Å². The molecule has 2 aromatic heterocycles. The Morgan fingerprint density at radius 3 is 2.74 bits per heavy atom.